The number of hydrogen-bond acceptors (Lipinski definition) is 3. The van der Waals surface area contributed by atoms with E-state index >= 15 is 0 Å². The summed E-state index contributed by atoms with van der Waals surface area (Å²) in [6.07, 6.45) is 6.37. The highest BCUT2D eigenvalue weighted by atomic mass is 79.9. The van der Waals surface area contributed by atoms with Crippen LogP contribution in [0.1, 0.15) is 19.8 Å². The molecule has 1 fully saturated rings. The van der Waals surface area contributed by atoms with Gasteiger partial charge in [-0.25, -0.2) is 0 Å². The van der Waals surface area contributed by atoms with Crippen LogP contribution in [0.25, 0.3) is 10.8 Å². The number of hydrogen-bond donors (Lipinski definition) is 0. The molecular formula is C16H19BrN2S. The molecule has 0 N–H and O–H groups in total. The third kappa shape index (κ3) is 3.18. The van der Waals surface area contributed by atoms with E-state index in [1.807, 2.05) is 24.2 Å². The molecule has 0 radical (unpaired) electrons. The predicted octanol–water partition coefficient (Wildman–Crippen LogP) is 4.57. The van der Waals surface area contributed by atoms with Gasteiger partial charge in [-0.05, 0) is 72.0 Å². The van der Waals surface area contributed by atoms with Crippen molar-refractivity contribution in [3.05, 3.63) is 35.1 Å². The quantitative estimate of drug-likeness (QED) is 0.806. The van der Waals surface area contributed by atoms with Crippen LogP contribution in [0, 0.1) is 0 Å². The number of halogens is 1. The van der Waals surface area contributed by atoms with Crippen LogP contribution in [0.5, 0.6) is 0 Å². The molecule has 2 aromatic rings. The zero-order valence-corrected chi connectivity index (χ0v) is 14.1. The van der Waals surface area contributed by atoms with Crippen molar-refractivity contribution < 1.29 is 0 Å². The maximum Gasteiger partial charge on any atom is 0.0346 e. The molecule has 0 aliphatic carbocycles. The highest BCUT2D eigenvalue weighted by Gasteiger charge is 2.19. The van der Waals surface area contributed by atoms with Crippen LogP contribution in [0.4, 0.5) is 0 Å². The monoisotopic (exact) mass is 350 g/mol. The zero-order valence-electron chi connectivity index (χ0n) is 11.7. The van der Waals surface area contributed by atoms with Crippen molar-refractivity contribution >= 4 is 38.5 Å². The molecule has 106 valence electrons. The van der Waals surface area contributed by atoms with Crippen molar-refractivity contribution in [3.63, 3.8) is 0 Å². The molecule has 0 spiro atoms. The number of aromatic nitrogens is 1. The van der Waals surface area contributed by atoms with Crippen LogP contribution in [0.3, 0.4) is 0 Å². The van der Waals surface area contributed by atoms with Crippen molar-refractivity contribution in [1.29, 1.82) is 0 Å². The first kappa shape index (κ1) is 14.4. The number of piperidine rings is 1. The second-order valence-corrected chi connectivity index (χ2v) is 7.45. The van der Waals surface area contributed by atoms with E-state index in [-0.39, 0.29) is 0 Å². The Labute approximate surface area is 133 Å². The van der Waals surface area contributed by atoms with Crippen molar-refractivity contribution in [2.75, 3.05) is 19.6 Å². The smallest absolute Gasteiger partial charge is 0.0346 e. The molecule has 0 unspecified atom stereocenters. The van der Waals surface area contributed by atoms with E-state index in [1.165, 1.54) is 52.6 Å². The van der Waals surface area contributed by atoms with Gasteiger partial charge in [-0.1, -0.05) is 6.92 Å². The Bertz CT molecular complexity index is 594. The number of benzene rings is 1. The lowest BCUT2D eigenvalue weighted by Gasteiger charge is -2.30. The van der Waals surface area contributed by atoms with Gasteiger partial charge in [-0.2, -0.15) is 0 Å². The summed E-state index contributed by atoms with van der Waals surface area (Å²) in [6.45, 7) is 5.91. The zero-order chi connectivity index (χ0) is 13.9. The lowest BCUT2D eigenvalue weighted by atomic mass is 10.1. The van der Waals surface area contributed by atoms with E-state index < -0.39 is 0 Å². The molecule has 2 heterocycles. The van der Waals surface area contributed by atoms with E-state index in [9.17, 15) is 0 Å². The first-order valence-electron chi connectivity index (χ1n) is 7.18. The Morgan fingerprint density at radius 2 is 2.10 bits per heavy atom. The van der Waals surface area contributed by atoms with Crippen molar-refractivity contribution in [3.8, 4) is 0 Å². The molecule has 2 nitrogen and oxygen atoms in total. The minimum absolute atomic E-state index is 0.744. The van der Waals surface area contributed by atoms with Crippen LogP contribution in [0.2, 0.25) is 0 Å². The van der Waals surface area contributed by atoms with Gasteiger partial charge in [0.25, 0.3) is 0 Å². The Morgan fingerprint density at radius 1 is 1.30 bits per heavy atom. The third-order valence-corrected chi connectivity index (χ3v) is 6.28. The summed E-state index contributed by atoms with van der Waals surface area (Å²) < 4.78 is 1.20. The Hall–Kier alpha value is -0.580. The topological polar surface area (TPSA) is 16.1 Å². The molecule has 1 aromatic heterocycles. The Kier molecular flexibility index (Phi) is 4.64. The number of nitrogens with zero attached hydrogens (tertiary/aromatic N) is 2. The molecule has 0 atom stereocenters. The van der Waals surface area contributed by atoms with Gasteiger partial charge in [-0.15, -0.1) is 11.8 Å². The second-order valence-electron chi connectivity index (χ2n) is 5.26. The van der Waals surface area contributed by atoms with Gasteiger partial charge < -0.3 is 4.90 Å². The van der Waals surface area contributed by atoms with Gasteiger partial charge in [0, 0.05) is 32.4 Å². The summed E-state index contributed by atoms with van der Waals surface area (Å²) in [7, 11) is 0. The molecule has 1 aliphatic heterocycles. The average Bonchev–Trinajstić information content (AvgIpc) is 2.49. The van der Waals surface area contributed by atoms with Gasteiger partial charge >= 0.3 is 0 Å². The first-order chi connectivity index (χ1) is 9.76. The number of fused-ring (bicyclic) bond motifs is 1. The number of thioether (sulfide) groups is 1. The standard InChI is InChI=1S/C16H19BrN2S/c1-2-19-7-4-14(5-8-19)20-16-10-12-3-6-18-11-13(12)9-15(16)17/h3,6,9-11,14H,2,4-5,7-8H2,1H3. The van der Waals surface area contributed by atoms with Gasteiger partial charge in [0.2, 0.25) is 0 Å². The highest BCUT2D eigenvalue weighted by Crippen LogP contribution is 2.37. The maximum absolute atomic E-state index is 4.18. The number of likely N-dealkylation sites (tertiary alicyclic amines) is 1. The van der Waals surface area contributed by atoms with Crippen LogP contribution >= 0.6 is 27.7 Å². The van der Waals surface area contributed by atoms with E-state index in [1.54, 1.807) is 0 Å². The normalized spacial score (nSPS) is 17.7. The molecule has 0 bridgehead atoms. The van der Waals surface area contributed by atoms with Crippen LogP contribution in [-0.4, -0.2) is 34.8 Å². The summed E-state index contributed by atoms with van der Waals surface area (Å²) in [5, 5.41) is 3.22. The molecule has 1 saturated heterocycles. The van der Waals surface area contributed by atoms with E-state index in [2.05, 4.69) is 50.9 Å². The minimum Gasteiger partial charge on any atom is -0.304 e. The second kappa shape index (κ2) is 6.46. The van der Waals surface area contributed by atoms with Gasteiger partial charge in [0.1, 0.15) is 0 Å². The predicted molar refractivity (Wildman–Crippen MR) is 90.4 cm³/mol. The van der Waals surface area contributed by atoms with Crippen LogP contribution in [-0.2, 0) is 0 Å². The Balaban J connectivity index is 1.76. The summed E-state index contributed by atoms with van der Waals surface area (Å²) >= 11 is 5.74. The maximum atomic E-state index is 4.18. The summed E-state index contributed by atoms with van der Waals surface area (Å²) in [6, 6.07) is 6.56. The van der Waals surface area contributed by atoms with Crippen molar-refractivity contribution in [2.24, 2.45) is 0 Å². The molecule has 0 saturated carbocycles. The van der Waals surface area contributed by atoms with Crippen molar-refractivity contribution in [1.82, 2.24) is 9.88 Å². The van der Waals surface area contributed by atoms with Gasteiger partial charge in [0.05, 0.1) is 0 Å². The molecule has 4 heteroatoms. The summed E-state index contributed by atoms with van der Waals surface area (Å²) in [5.41, 5.74) is 0. The van der Waals surface area contributed by atoms with E-state index in [4.69, 9.17) is 0 Å². The molecular weight excluding hydrogens is 332 g/mol. The van der Waals surface area contributed by atoms with Crippen LogP contribution in [0.15, 0.2) is 40.0 Å². The number of pyridine rings is 1. The molecule has 1 aromatic carbocycles. The number of rotatable bonds is 3. The fraction of sp³-hybridized carbons (Fsp3) is 0.438. The average molecular weight is 351 g/mol. The largest absolute Gasteiger partial charge is 0.304 e. The van der Waals surface area contributed by atoms with Crippen molar-refractivity contribution in [2.45, 2.75) is 29.9 Å². The lowest BCUT2D eigenvalue weighted by Crippen LogP contribution is -2.34. The van der Waals surface area contributed by atoms with Gasteiger partial charge in [-0.3, -0.25) is 4.98 Å². The van der Waals surface area contributed by atoms with E-state index in [0.717, 1.165) is 5.25 Å². The Morgan fingerprint density at radius 3 is 2.85 bits per heavy atom. The summed E-state index contributed by atoms with van der Waals surface area (Å²) in [5.74, 6) is 0. The molecule has 1 aliphatic rings. The SMILES string of the molecule is CCN1CCC(Sc2cc3ccncc3cc2Br)CC1. The lowest BCUT2D eigenvalue weighted by molar-refractivity contribution is 0.244. The highest BCUT2D eigenvalue weighted by molar-refractivity contribution is 9.10. The van der Waals surface area contributed by atoms with Crippen LogP contribution < -0.4 is 0 Å². The molecule has 20 heavy (non-hydrogen) atoms. The minimum atomic E-state index is 0.744. The fourth-order valence-electron chi connectivity index (χ4n) is 2.70. The van der Waals surface area contributed by atoms with Gasteiger partial charge in [0.15, 0.2) is 0 Å². The molecule has 0 amide bonds. The summed E-state index contributed by atoms with van der Waals surface area (Å²) in [4.78, 5) is 8.08. The first-order valence-corrected chi connectivity index (χ1v) is 8.86. The van der Waals surface area contributed by atoms with E-state index in [0.29, 0.717) is 0 Å². The molecule has 3 rings (SSSR count). The fourth-order valence-corrected chi connectivity index (χ4v) is 4.51. The third-order valence-electron chi connectivity index (χ3n) is 3.97.